The van der Waals surface area contributed by atoms with Gasteiger partial charge in [0.05, 0.1) is 12.2 Å². The summed E-state index contributed by atoms with van der Waals surface area (Å²) in [7, 11) is 0. The van der Waals surface area contributed by atoms with Gasteiger partial charge in [-0.3, -0.25) is 10.1 Å². The zero-order valence-electron chi connectivity index (χ0n) is 11.5. The van der Waals surface area contributed by atoms with Gasteiger partial charge in [0.15, 0.2) is 0 Å². The van der Waals surface area contributed by atoms with Gasteiger partial charge >= 0.3 is 0 Å². The minimum Gasteiger partial charge on any atom is -0.322 e. The number of carbonyl (C=O) groups is 1. The van der Waals surface area contributed by atoms with Crippen molar-refractivity contribution in [1.82, 2.24) is 10.2 Å². The molecule has 1 amide bonds. The standard InChI is InChI=1S/C16H12ClN3O.ClH/c17-12-7-4-8-13-11(12)9-20-14(10-5-2-1-3-6-10)15(21)19-16(20)18-13;/h1-8,14H,9H2,(H,18,19,21);1H/t14-;/m1./s1. The molecule has 1 atom stereocenters. The second-order valence-corrected chi connectivity index (χ2v) is 5.51. The molecule has 0 saturated carbocycles. The fourth-order valence-electron chi connectivity index (χ4n) is 2.83. The maximum Gasteiger partial charge on any atom is 0.254 e. The smallest absolute Gasteiger partial charge is 0.254 e. The molecule has 0 bridgehead atoms. The Kier molecular flexibility index (Phi) is 3.81. The van der Waals surface area contributed by atoms with E-state index in [1.54, 1.807) is 0 Å². The van der Waals surface area contributed by atoms with E-state index in [1.807, 2.05) is 53.4 Å². The number of hydrogen-bond acceptors (Lipinski definition) is 3. The van der Waals surface area contributed by atoms with E-state index in [1.165, 1.54) is 0 Å². The van der Waals surface area contributed by atoms with E-state index in [9.17, 15) is 4.79 Å². The quantitative estimate of drug-likeness (QED) is 0.868. The third-order valence-corrected chi connectivity index (χ3v) is 4.19. The lowest BCUT2D eigenvalue weighted by atomic mass is 10.0. The van der Waals surface area contributed by atoms with Crippen LogP contribution < -0.4 is 5.32 Å². The van der Waals surface area contributed by atoms with Crippen LogP contribution in [0.5, 0.6) is 0 Å². The molecule has 1 saturated heterocycles. The van der Waals surface area contributed by atoms with Gasteiger partial charge in [-0.05, 0) is 17.7 Å². The lowest BCUT2D eigenvalue weighted by Gasteiger charge is -2.28. The highest BCUT2D eigenvalue weighted by Gasteiger charge is 2.40. The second kappa shape index (κ2) is 5.63. The summed E-state index contributed by atoms with van der Waals surface area (Å²) < 4.78 is 0. The molecule has 2 heterocycles. The van der Waals surface area contributed by atoms with Crippen molar-refractivity contribution in [3.63, 3.8) is 0 Å². The van der Waals surface area contributed by atoms with Crippen molar-refractivity contribution in [2.24, 2.45) is 4.99 Å². The van der Waals surface area contributed by atoms with Gasteiger partial charge < -0.3 is 4.90 Å². The van der Waals surface area contributed by atoms with Crippen LogP contribution in [-0.2, 0) is 11.3 Å². The lowest BCUT2D eigenvalue weighted by Crippen LogP contribution is -2.33. The average Bonchev–Trinajstić information content (AvgIpc) is 2.81. The van der Waals surface area contributed by atoms with Crippen LogP contribution in [0.25, 0.3) is 0 Å². The number of fused-ring (bicyclic) bond motifs is 2. The summed E-state index contributed by atoms with van der Waals surface area (Å²) in [6.07, 6.45) is 0. The molecule has 0 aromatic heterocycles. The largest absolute Gasteiger partial charge is 0.322 e. The van der Waals surface area contributed by atoms with Crippen molar-refractivity contribution in [2.75, 3.05) is 0 Å². The number of amides is 1. The first-order chi connectivity index (χ1) is 10.2. The molecule has 1 N–H and O–H groups in total. The summed E-state index contributed by atoms with van der Waals surface area (Å²) >= 11 is 6.26. The molecule has 0 radical (unpaired) electrons. The van der Waals surface area contributed by atoms with E-state index in [0.29, 0.717) is 17.5 Å². The Balaban J connectivity index is 0.00000144. The first-order valence-corrected chi connectivity index (χ1v) is 7.10. The molecule has 0 spiro atoms. The zero-order chi connectivity index (χ0) is 14.4. The molecule has 22 heavy (non-hydrogen) atoms. The summed E-state index contributed by atoms with van der Waals surface area (Å²) in [6, 6.07) is 15.0. The number of aliphatic imine (C=N–C) groups is 1. The summed E-state index contributed by atoms with van der Waals surface area (Å²) in [6.45, 7) is 0.576. The molecule has 2 aliphatic heterocycles. The maximum atomic E-state index is 12.3. The summed E-state index contributed by atoms with van der Waals surface area (Å²) in [4.78, 5) is 18.8. The molecule has 4 nitrogen and oxygen atoms in total. The summed E-state index contributed by atoms with van der Waals surface area (Å²) in [5.74, 6) is 0.549. The number of halogens is 2. The van der Waals surface area contributed by atoms with Crippen LogP contribution in [0, 0.1) is 0 Å². The minimum atomic E-state index is -0.352. The highest BCUT2D eigenvalue weighted by atomic mass is 35.5. The molecule has 2 aromatic rings. The van der Waals surface area contributed by atoms with Crippen LogP contribution in [0.4, 0.5) is 5.69 Å². The van der Waals surface area contributed by atoms with E-state index in [2.05, 4.69) is 10.3 Å². The molecular weight excluding hydrogens is 321 g/mol. The van der Waals surface area contributed by atoms with E-state index < -0.39 is 0 Å². The Morgan fingerprint density at radius 3 is 2.68 bits per heavy atom. The minimum absolute atomic E-state index is 0. The molecule has 0 unspecified atom stereocenters. The second-order valence-electron chi connectivity index (χ2n) is 5.10. The van der Waals surface area contributed by atoms with Crippen LogP contribution in [0.15, 0.2) is 53.5 Å². The molecule has 0 aliphatic carbocycles. The number of guanidine groups is 1. The van der Waals surface area contributed by atoms with Crippen LogP contribution in [0.1, 0.15) is 17.2 Å². The fraction of sp³-hybridized carbons (Fsp3) is 0.125. The molecular formula is C16H13Cl2N3O. The van der Waals surface area contributed by atoms with Crippen molar-refractivity contribution in [1.29, 1.82) is 0 Å². The van der Waals surface area contributed by atoms with E-state index in [0.717, 1.165) is 16.8 Å². The van der Waals surface area contributed by atoms with Crippen molar-refractivity contribution in [3.05, 3.63) is 64.7 Å². The Labute approximate surface area is 139 Å². The van der Waals surface area contributed by atoms with Gasteiger partial charge in [0, 0.05) is 10.6 Å². The van der Waals surface area contributed by atoms with Crippen molar-refractivity contribution < 1.29 is 4.79 Å². The molecule has 112 valence electrons. The predicted molar refractivity (Wildman–Crippen MR) is 88.7 cm³/mol. The topological polar surface area (TPSA) is 44.7 Å². The number of nitrogens with one attached hydrogen (secondary N) is 1. The van der Waals surface area contributed by atoms with Crippen LogP contribution in [0.3, 0.4) is 0 Å². The predicted octanol–water partition coefficient (Wildman–Crippen LogP) is 3.44. The third kappa shape index (κ3) is 2.25. The number of carbonyl (C=O) groups excluding carboxylic acids is 1. The Hall–Kier alpha value is -2.04. The zero-order valence-corrected chi connectivity index (χ0v) is 13.1. The van der Waals surface area contributed by atoms with E-state index in [-0.39, 0.29) is 24.4 Å². The number of nitrogens with zero attached hydrogens (tertiary/aromatic N) is 2. The van der Waals surface area contributed by atoms with E-state index in [4.69, 9.17) is 11.6 Å². The molecule has 2 aliphatic rings. The lowest BCUT2D eigenvalue weighted by molar-refractivity contribution is -0.121. The number of benzene rings is 2. The van der Waals surface area contributed by atoms with Gasteiger partial charge in [-0.15, -0.1) is 12.4 Å². The van der Waals surface area contributed by atoms with Crippen molar-refractivity contribution >= 4 is 41.6 Å². The van der Waals surface area contributed by atoms with Crippen LogP contribution >= 0.6 is 24.0 Å². The summed E-state index contributed by atoms with van der Waals surface area (Å²) in [5, 5.41) is 3.54. The number of hydrogen-bond donors (Lipinski definition) is 1. The highest BCUT2D eigenvalue weighted by molar-refractivity contribution is 6.31. The first-order valence-electron chi connectivity index (χ1n) is 6.72. The maximum absolute atomic E-state index is 12.3. The van der Waals surface area contributed by atoms with E-state index >= 15 is 0 Å². The molecule has 2 aromatic carbocycles. The highest BCUT2D eigenvalue weighted by Crippen LogP contribution is 2.37. The van der Waals surface area contributed by atoms with Crippen molar-refractivity contribution in [3.8, 4) is 0 Å². The van der Waals surface area contributed by atoms with Crippen LogP contribution in [0.2, 0.25) is 5.02 Å². The Bertz CT molecular complexity index is 761. The van der Waals surface area contributed by atoms with Gasteiger partial charge in [0.1, 0.15) is 6.04 Å². The third-order valence-electron chi connectivity index (χ3n) is 3.83. The number of rotatable bonds is 1. The molecule has 4 rings (SSSR count). The van der Waals surface area contributed by atoms with Gasteiger partial charge in [0.2, 0.25) is 5.96 Å². The molecule has 1 fully saturated rings. The van der Waals surface area contributed by atoms with Gasteiger partial charge in [0.25, 0.3) is 5.91 Å². The van der Waals surface area contributed by atoms with Gasteiger partial charge in [-0.1, -0.05) is 48.0 Å². The SMILES string of the molecule is Cl.O=C1NC2=Nc3cccc(Cl)c3CN2[C@@H]1c1ccccc1. The Morgan fingerprint density at radius 1 is 1.14 bits per heavy atom. The van der Waals surface area contributed by atoms with Crippen LogP contribution in [-0.4, -0.2) is 16.8 Å². The monoisotopic (exact) mass is 333 g/mol. The first kappa shape index (κ1) is 14.9. The van der Waals surface area contributed by atoms with Gasteiger partial charge in [-0.25, -0.2) is 4.99 Å². The molecule has 6 heteroatoms. The summed E-state index contributed by atoms with van der Waals surface area (Å²) in [5.41, 5.74) is 2.74. The normalized spacial score (nSPS) is 18.8. The van der Waals surface area contributed by atoms with Gasteiger partial charge in [-0.2, -0.15) is 0 Å². The average molecular weight is 334 g/mol. The van der Waals surface area contributed by atoms with Crippen molar-refractivity contribution in [2.45, 2.75) is 12.6 Å². The fourth-order valence-corrected chi connectivity index (χ4v) is 3.06. The Morgan fingerprint density at radius 2 is 1.91 bits per heavy atom.